The second-order valence-corrected chi connectivity index (χ2v) is 5.13. The van der Waals surface area contributed by atoms with Crippen LogP contribution in [0.5, 0.6) is 5.75 Å². The van der Waals surface area contributed by atoms with Crippen molar-refractivity contribution in [1.82, 2.24) is 9.97 Å². The first kappa shape index (κ1) is 12.2. The van der Waals surface area contributed by atoms with Gasteiger partial charge in [-0.15, -0.1) is 0 Å². The van der Waals surface area contributed by atoms with Gasteiger partial charge in [-0.2, -0.15) is 8.42 Å². The van der Waals surface area contributed by atoms with E-state index in [1.165, 1.54) is 25.7 Å². The minimum absolute atomic E-state index is 0.0352. The zero-order valence-electron chi connectivity index (χ0n) is 9.54. The molecule has 18 heavy (non-hydrogen) atoms. The van der Waals surface area contributed by atoms with Crippen LogP contribution in [0.15, 0.2) is 35.7 Å². The number of nitrogens with one attached hydrogen (secondary N) is 2. The van der Waals surface area contributed by atoms with Crippen molar-refractivity contribution in [3.63, 3.8) is 0 Å². The number of ether oxygens (including phenoxy) is 1. The van der Waals surface area contributed by atoms with Gasteiger partial charge in [-0.25, -0.2) is 4.98 Å². The van der Waals surface area contributed by atoms with Crippen molar-refractivity contribution >= 4 is 21.4 Å². The Bertz CT molecular complexity index is 637. The quantitative estimate of drug-likeness (QED) is 0.710. The molecular formula is C10H12N4O3S. The van der Waals surface area contributed by atoms with Crippen LogP contribution in [-0.4, -0.2) is 25.5 Å². The normalized spacial score (nSPS) is 11.2. The van der Waals surface area contributed by atoms with E-state index in [9.17, 15) is 8.42 Å². The van der Waals surface area contributed by atoms with Gasteiger partial charge in [0.05, 0.1) is 25.3 Å². The monoisotopic (exact) mass is 268 g/mol. The lowest BCUT2D eigenvalue weighted by molar-refractivity contribution is 0.417. The number of aromatic amines is 1. The Morgan fingerprint density at radius 2 is 2.22 bits per heavy atom. The Morgan fingerprint density at radius 1 is 1.44 bits per heavy atom. The minimum atomic E-state index is -3.72. The molecule has 8 heteroatoms. The Balaban J connectivity index is 2.37. The molecular weight excluding hydrogens is 256 g/mol. The summed E-state index contributed by atoms with van der Waals surface area (Å²) < 4.78 is 31.4. The van der Waals surface area contributed by atoms with Crippen LogP contribution in [-0.2, 0) is 10.0 Å². The molecule has 0 saturated heterocycles. The molecule has 0 spiro atoms. The third-order valence-corrected chi connectivity index (χ3v) is 3.52. The number of H-pyrrole nitrogens is 1. The third-order valence-electron chi connectivity index (χ3n) is 2.23. The van der Waals surface area contributed by atoms with Crippen molar-refractivity contribution in [3.05, 3.63) is 30.7 Å². The molecule has 0 aliphatic heterocycles. The number of aromatic nitrogens is 2. The molecule has 2 rings (SSSR count). The highest BCUT2D eigenvalue weighted by atomic mass is 32.2. The summed E-state index contributed by atoms with van der Waals surface area (Å²) in [6.45, 7) is 0. The molecule has 0 aliphatic rings. The number of hydrogen-bond acceptors (Lipinski definition) is 5. The smallest absolute Gasteiger partial charge is 0.279 e. The predicted octanol–water partition coefficient (Wildman–Crippen LogP) is 0.801. The predicted molar refractivity (Wildman–Crippen MR) is 66.8 cm³/mol. The summed E-state index contributed by atoms with van der Waals surface area (Å²) in [5.74, 6) is 0.382. The topological polar surface area (TPSA) is 110 Å². The standard InChI is InChI=1S/C10H12N4O3S/c1-17-9-3-2-7(11)4-8(9)14-18(15,16)10-5-12-6-13-10/h2-6,14H,11H2,1H3,(H,12,13). The molecule has 1 aromatic heterocycles. The van der Waals surface area contributed by atoms with Crippen molar-refractivity contribution in [2.75, 3.05) is 17.6 Å². The highest BCUT2D eigenvalue weighted by molar-refractivity contribution is 7.92. The van der Waals surface area contributed by atoms with E-state index in [-0.39, 0.29) is 10.7 Å². The van der Waals surface area contributed by atoms with Crippen LogP contribution in [0.1, 0.15) is 0 Å². The molecule has 1 aromatic carbocycles. The molecule has 7 nitrogen and oxygen atoms in total. The second-order valence-electron chi connectivity index (χ2n) is 3.48. The van der Waals surface area contributed by atoms with E-state index < -0.39 is 10.0 Å². The largest absolute Gasteiger partial charge is 0.495 e. The van der Waals surface area contributed by atoms with E-state index in [4.69, 9.17) is 10.5 Å². The molecule has 0 radical (unpaired) electrons. The maximum Gasteiger partial charge on any atom is 0.279 e. The summed E-state index contributed by atoms with van der Waals surface area (Å²) >= 11 is 0. The number of rotatable bonds is 4. The van der Waals surface area contributed by atoms with Gasteiger partial charge in [0.15, 0.2) is 5.03 Å². The second kappa shape index (κ2) is 4.57. The van der Waals surface area contributed by atoms with Crippen molar-refractivity contribution in [2.45, 2.75) is 5.03 Å². The highest BCUT2D eigenvalue weighted by Crippen LogP contribution is 2.28. The van der Waals surface area contributed by atoms with Crippen LogP contribution in [0, 0.1) is 0 Å². The number of hydrogen-bond donors (Lipinski definition) is 3. The summed E-state index contributed by atoms with van der Waals surface area (Å²) in [6.07, 6.45) is 2.49. The van der Waals surface area contributed by atoms with Gasteiger partial charge >= 0.3 is 0 Å². The number of methoxy groups -OCH3 is 1. The fourth-order valence-electron chi connectivity index (χ4n) is 1.40. The van der Waals surface area contributed by atoms with E-state index in [1.54, 1.807) is 12.1 Å². The molecule has 0 saturated carbocycles. The van der Waals surface area contributed by atoms with Gasteiger partial charge in [-0.3, -0.25) is 4.72 Å². The molecule has 0 atom stereocenters. The Labute approximate surface area is 104 Å². The van der Waals surface area contributed by atoms with Crippen LogP contribution in [0.3, 0.4) is 0 Å². The van der Waals surface area contributed by atoms with Crippen LogP contribution >= 0.6 is 0 Å². The SMILES string of the molecule is COc1ccc(N)cc1NS(=O)(=O)c1cnc[nH]1. The maximum atomic E-state index is 12.0. The molecule has 96 valence electrons. The van der Waals surface area contributed by atoms with Crippen molar-refractivity contribution in [2.24, 2.45) is 0 Å². The molecule has 0 fully saturated rings. The van der Waals surface area contributed by atoms with Gasteiger partial charge in [0.25, 0.3) is 10.0 Å². The summed E-state index contributed by atoms with van der Waals surface area (Å²) in [4.78, 5) is 6.18. The van der Waals surface area contributed by atoms with Gasteiger partial charge in [0.1, 0.15) is 5.75 Å². The van der Waals surface area contributed by atoms with Gasteiger partial charge in [0, 0.05) is 5.69 Å². The van der Waals surface area contributed by atoms with E-state index in [0.717, 1.165) is 0 Å². The fourth-order valence-corrected chi connectivity index (χ4v) is 2.36. The molecule has 1 heterocycles. The third kappa shape index (κ3) is 2.38. The van der Waals surface area contributed by atoms with E-state index in [1.807, 2.05) is 0 Å². The van der Waals surface area contributed by atoms with E-state index in [2.05, 4.69) is 14.7 Å². The van der Waals surface area contributed by atoms with Gasteiger partial charge in [-0.1, -0.05) is 0 Å². The number of sulfonamides is 1. The summed E-state index contributed by atoms with van der Waals surface area (Å²) in [6, 6.07) is 4.68. The summed E-state index contributed by atoms with van der Waals surface area (Å²) in [7, 11) is -2.28. The minimum Gasteiger partial charge on any atom is -0.495 e. The average Bonchev–Trinajstić information content (AvgIpc) is 2.83. The number of imidazole rings is 1. The van der Waals surface area contributed by atoms with Crippen LogP contribution in [0.4, 0.5) is 11.4 Å². The van der Waals surface area contributed by atoms with Crippen LogP contribution in [0.2, 0.25) is 0 Å². The number of nitrogens with two attached hydrogens (primary N) is 1. The number of nitrogen functional groups attached to an aromatic ring is 1. The van der Waals surface area contributed by atoms with Crippen LogP contribution < -0.4 is 15.2 Å². The summed E-state index contributed by atoms with van der Waals surface area (Å²) in [5, 5.41) is -0.0352. The molecule has 0 aliphatic carbocycles. The molecule has 0 bridgehead atoms. The number of anilines is 2. The first-order valence-electron chi connectivity index (χ1n) is 4.97. The first-order chi connectivity index (χ1) is 8.53. The van der Waals surface area contributed by atoms with Gasteiger partial charge < -0.3 is 15.5 Å². The van der Waals surface area contributed by atoms with E-state index in [0.29, 0.717) is 11.4 Å². The number of benzene rings is 1. The van der Waals surface area contributed by atoms with Gasteiger partial charge in [0.2, 0.25) is 0 Å². The Kier molecular flexibility index (Phi) is 3.11. The Morgan fingerprint density at radius 3 is 2.83 bits per heavy atom. The first-order valence-corrected chi connectivity index (χ1v) is 6.46. The highest BCUT2D eigenvalue weighted by Gasteiger charge is 2.17. The van der Waals surface area contributed by atoms with Gasteiger partial charge in [-0.05, 0) is 18.2 Å². The van der Waals surface area contributed by atoms with Crippen molar-refractivity contribution < 1.29 is 13.2 Å². The summed E-state index contributed by atoms with van der Waals surface area (Å²) in [5.41, 5.74) is 6.31. The average molecular weight is 268 g/mol. The lowest BCUT2D eigenvalue weighted by atomic mass is 10.2. The molecule has 4 N–H and O–H groups in total. The van der Waals surface area contributed by atoms with E-state index >= 15 is 0 Å². The molecule has 0 unspecified atom stereocenters. The lowest BCUT2D eigenvalue weighted by Crippen LogP contribution is -2.14. The van der Waals surface area contributed by atoms with Crippen molar-refractivity contribution in [3.8, 4) is 5.75 Å². The van der Waals surface area contributed by atoms with Crippen molar-refractivity contribution in [1.29, 1.82) is 0 Å². The maximum absolute atomic E-state index is 12.0. The van der Waals surface area contributed by atoms with Crippen LogP contribution in [0.25, 0.3) is 0 Å². The fraction of sp³-hybridized carbons (Fsp3) is 0.100. The zero-order chi connectivity index (χ0) is 13.2. The molecule has 0 amide bonds. The lowest BCUT2D eigenvalue weighted by Gasteiger charge is -2.11. The Hall–Kier alpha value is -2.22. The number of nitrogens with zero attached hydrogens (tertiary/aromatic N) is 1. The zero-order valence-corrected chi connectivity index (χ0v) is 10.4. The molecule has 2 aromatic rings.